The Morgan fingerprint density at radius 3 is 2.19 bits per heavy atom. The van der Waals surface area contributed by atoms with Gasteiger partial charge in [0.25, 0.3) is 10.0 Å². The smallest absolute Gasteiger partial charge is 0.264 e. The van der Waals surface area contributed by atoms with Crippen LogP contribution in [0.25, 0.3) is 0 Å². The van der Waals surface area contributed by atoms with Gasteiger partial charge in [0.05, 0.1) is 10.6 Å². The van der Waals surface area contributed by atoms with Gasteiger partial charge in [0.15, 0.2) is 0 Å². The molecule has 7 nitrogen and oxygen atoms in total. The van der Waals surface area contributed by atoms with Gasteiger partial charge in [-0.25, -0.2) is 8.42 Å². The second kappa shape index (κ2) is 11.8. The number of nitrogens with one attached hydrogen (secondary N) is 1. The van der Waals surface area contributed by atoms with Crippen LogP contribution in [0.5, 0.6) is 0 Å². The maximum atomic E-state index is 13.9. The van der Waals surface area contributed by atoms with E-state index in [0.717, 1.165) is 21.0 Å². The third kappa shape index (κ3) is 6.70. The highest BCUT2D eigenvalue weighted by Crippen LogP contribution is 2.28. The van der Waals surface area contributed by atoms with Gasteiger partial charge in [-0.2, -0.15) is 0 Å². The predicted molar refractivity (Wildman–Crippen MR) is 147 cm³/mol. The van der Waals surface area contributed by atoms with Crippen molar-refractivity contribution < 1.29 is 18.0 Å². The monoisotopic (exact) mass is 541 g/mol. The van der Waals surface area contributed by atoms with Crippen molar-refractivity contribution in [2.75, 3.05) is 17.9 Å². The van der Waals surface area contributed by atoms with E-state index in [1.54, 1.807) is 62.4 Å². The average molecular weight is 542 g/mol. The zero-order valence-electron chi connectivity index (χ0n) is 21.7. The molecule has 3 aromatic carbocycles. The molecule has 196 valence electrons. The lowest BCUT2D eigenvalue weighted by Gasteiger charge is -2.32. The Labute approximate surface area is 224 Å². The number of carbonyl (C=O) groups is 2. The van der Waals surface area contributed by atoms with Crippen LogP contribution in [0.2, 0.25) is 5.02 Å². The zero-order valence-corrected chi connectivity index (χ0v) is 23.2. The standard InChI is InChI=1S/C28H32ClN3O4S/c1-19-9-12-25(13-10-19)37(35,36)32(26-14-11-20(2)15-21(26)3)18-27(33)31(22(4)28(34)30-5)17-23-7-6-8-24(29)16-23/h6-16,22H,17-18H2,1-5H3,(H,30,34)/t22-/m0/s1. The highest BCUT2D eigenvalue weighted by molar-refractivity contribution is 7.92. The van der Waals surface area contributed by atoms with Gasteiger partial charge >= 0.3 is 0 Å². The lowest BCUT2D eigenvalue weighted by molar-refractivity contribution is -0.139. The fourth-order valence-corrected chi connectivity index (χ4v) is 5.75. The molecule has 0 aliphatic heterocycles. The number of rotatable bonds is 9. The molecular weight excluding hydrogens is 510 g/mol. The zero-order chi connectivity index (χ0) is 27.3. The predicted octanol–water partition coefficient (Wildman–Crippen LogP) is 4.62. The first-order valence-electron chi connectivity index (χ1n) is 11.9. The molecule has 37 heavy (non-hydrogen) atoms. The highest BCUT2D eigenvalue weighted by Gasteiger charge is 2.33. The number of nitrogens with zero attached hydrogens (tertiary/aromatic N) is 2. The maximum Gasteiger partial charge on any atom is 0.264 e. The van der Waals surface area contributed by atoms with Crippen molar-refractivity contribution in [2.45, 2.75) is 45.2 Å². The molecule has 0 saturated carbocycles. The topological polar surface area (TPSA) is 86.8 Å². The second-order valence-electron chi connectivity index (χ2n) is 9.06. The van der Waals surface area contributed by atoms with E-state index in [1.807, 2.05) is 19.9 Å². The molecule has 0 radical (unpaired) electrons. The summed E-state index contributed by atoms with van der Waals surface area (Å²) in [6.45, 7) is 6.80. The van der Waals surface area contributed by atoms with Crippen LogP contribution in [0, 0.1) is 20.8 Å². The molecule has 1 atom stereocenters. The van der Waals surface area contributed by atoms with Crippen molar-refractivity contribution in [2.24, 2.45) is 0 Å². The van der Waals surface area contributed by atoms with E-state index in [0.29, 0.717) is 16.3 Å². The van der Waals surface area contributed by atoms with E-state index < -0.39 is 28.5 Å². The van der Waals surface area contributed by atoms with Crippen LogP contribution in [-0.4, -0.2) is 44.8 Å². The van der Waals surface area contributed by atoms with Crippen molar-refractivity contribution in [3.8, 4) is 0 Å². The largest absolute Gasteiger partial charge is 0.357 e. The molecule has 1 N–H and O–H groups in total. The van der Waals surface area contributed by atoms with Crippen LogP contribution in [0.1, 0.15) is 29.2 Å². The van der Waals surface area contributed by atoms with Gasteiger partial charge < -0.3 is 10.2 Å². The van der Waals surface area contributed by atoms with Crippen LogP contribution >= 0.6 is 11.6 Å². The van der Waals surface area contributed by atoms with Gasteiger partial charge in [-0.05, 0) is 69.2 Å². The maximum absolute atomic E-state index is 13.9. The van der Waals surface area contributed by atoms with Crippen LogP contribution in [-0.2, 0) is 26.2 Å². The van der Waals surface area contributed by atoms with Crippen molar-refractivity contribution in [3.63, 3.8) is 0 Å². The second-order valence-corrected chi connectivity index (χ2v) is 11.4. The fraction of sp³-hybridized carbons (Fsp3) is 0.286. The highest BCUT2D eigenvalue weighted by atomic mass is 35.5. The number of likely N-dealkylation sites (N-methyl/N-ethyl adjacent to an activating group) is 1. The number of benzene rings is 3. The van der Waals surface area contributed by atoms with Gasteiger partial charge in [0, 0.05) is 18.6 Å². The molecule has 0 bridgehead atoms. The van der Waals surface area contributed by atoms with Crippen molar-refractivity contribution in [1.82, 2.24) is 10.2 Å². The summed E-state index contributed by atoms with van der Waals surface area (Å²) in [5, 5.41) is 3.06. The Balaban J connectivity index is 2.07. The summed E-state index contributed by atoms with van der Waals surface area (Å²) in [6, 6.07) is 18.0. The molecule has 0 aliphatic rings. The quantitative estimate of drug-likeness (QED) is 0.428. The third-order valence-electron chi connectivity index (χ3n) is 6.16. The number of sulfonamides is 1. The summed E-state index contributed by atoms with van der Waals surface area (Å²) in [7, 11) is -2.61. The molecule has 0 aliphatic carbocycles. The first kappa shape index (κ1) is 28.2. The Kier molecular flexibility index (Phi) is 8.99. The number of hydrogen-bond donors (Lipinski definition) is 1. The Bertz CT molecular complexity index is 1390. The number of hydrogen-bond acceptors (Lipinski definition) is 4. The van der Waals surface area contributed by atoms with E-state index in [1.165, 1.54) is 24.1 Å². The average Bonchev–Trinajstić information content (AvgIpc) is 2.85. The van der Waals surface area contributed by atoms with Crippen LogP contribution in [0.4, 0.5) is 5.69 Å². The van der Waals surface area contributed by atoms with Crippen LogP contribution < -0.4 is 9.62 Å². The normalized spacial score (nSPS) is 12.1. The minimum atomic E-state index is -4.10. The molecule has 9 heteroatoms. The van der Waals surface area contributed by atoms with E-state index >= 15 is 0 Å². The van der Waals surface area contributed by atoms with E-state index in [4.69, 9.17) is 11.6 Å². The SMILES string of the molecule is CNC(=O)[C@H](C)N(Cc1cccc(Cl)c1)C(=O)CN(c1ccc(C)cc1C)S(=O)(=O)c1ccc(C)cc1. The van der Waals surface area contributed by atoms with Crippen molar-refractivity contribution >= 4 is 39.1 Å². The summed E-state index contributed by atoms with van der Waals surface area (Å²) < 4.78 is 28.8. The third-order valence-corrected chi connectivity index (χ3v) is 8.17. The minimum absolute atomic E-state index is 0.0756. The number of amides is 2. The molecule has 3 aromatic rings. The lowest BCUT2D eigenvalue weighted by Crippen LogP contribution is -2.50. The Morgan fingerprint density at radius 1 is 0.946 bits per heavy atom. The molecule has 0 spiro atoms. The first-order chi connectivity index (χ1) is 17.4. The minimum Gasteiger partial charge on any atom is -0.357 e. The summed E-state index contributed by atoms with van der Waals surface area (Å²) in [5.74, 6) is -0.887. The number of halogens is 1. The van der Waals surface area contributed by atoms with Gasteiger partial charge in [-0.15, -0.1) is 0 Å². The summed E-state index contributed by atoms with van der Waals surface area (Å²) in [5.41, 5.74) is 3.71. The van der Waals surface area contributed by atoms with E-state index in [9.17, 15) is 18.0 Å². The molecular formula is C28H32ClN3O4S. The Morgan fingerprint density at radius 2 is 1.59 bits per heavy atom. The molecule has 3 rings (SSSR count). The van der Waals surface area contributed by atoms with Gasteiger partial charge in [0.2, 0.25) is 11.8 Å². The Hall–Kier alpha value is -3.36. The van der Waals surface area contributed by atoms with Crippen LogP contribution in [0.3, 0.4) is 0 Å². The van der Waals surface area contributed by atoms with Gasteiger partial charge in [-0.1, -0.05) is 59.1 Å². The van der Waals surface area contributed by atoms with Gasteiger partial charge in [0.1, 0.15) is 12.6 Å². The molecule has 2 amide bonds. The van der Waals surface area contributed by atoms with Crippen molar-refractivity contribution in [1.29, 1.82) is 0 Å². The first-order valence-corrected chi connectivity index (χ1v) is 13.7. The van der Waals surface area contributed by atoms with E-state index in [-0.39, 0.29) is 17.3 Å². The van der Waals surface area contributed by atoms with Gasteiger partial charge in [-0.3, -0.25) is 13.9 Å². The molecule has 0 aromatic heterocycles. The summed E-state index contributed by atoms with van der Waals surface area (Å²) in [6.07, 6.45) is 0. The molecule has 0 heterocycles. The van der Waals surface area contributed by atoms with Crippen LogP contribution in [0.15, 0.2) is 71.6 Å². The van der Waals surface area contributed by atoms with E-state index in [2.05, 4.69) is 5.32 Å². The number of aryl methyl sites for hydroxylation is 3. The lowest BCUT2D eigenvalue weighted by atomic mass is 10.1. The number of carbonyl (C=O) groups excluding carboxylic acids is 2. The summed E-state index contributed by atoms with van der Waals surface area (Å²) in [4.78, 5) is 27.8. The molecule has 0 saturated heterocycles. The number of anilines is 1. The van der Waals surface area contributed by atoms with Crippen molar-refractivity contribution in [3.05, 3.63) is 94.0 Å². The molecule has 0 fully saturated rings. The molecule has 0 unspecified atom stereocenters. The summed E-state index contributed by atoms with van der Waals surface area (Å²) >= 11 is 6.14. The fourth-order valence-electron chi connectivity index (χ4n) is 4.06.